The molecule has 0 saturated carbocycles. The zero-order valence-corrected chi connectivity index (χ0v) is 16.6. The van der Waals surface area contributed by atoms with Crippen molar-refractivity contribution in [1.82, 2.24) is 4.90 Å². The summed E-state index contributed by atoms with van der Waals surface area (Å²) in [5.41, 5.74) is -0.529. The number of rotatable bonds is 9. The van der Waals surface area contributed by atoms with Crippen LogP contribution in [0.5, 0.6) is 0 Å². The van der Waals surface area contributed by atoms with E-state index in [1.807, 2.05) is 0 Å². The van der Waals surface area contributed by atoms with Crippen LogP contribution < -0.4 is 0 Å². The van der Waals surface area contributed by atoms with E-state index >= 15 is 0 Å². The number of aliphatic hydroxyl groups is 1. The van der Waals surface area contributed by atoms with Crippen molar-refractivity contribution in [3.63, 3.8) is 0 Å². The molecule has 0 radical (unpaired) electrons. The molecular weight excluding hydrogens is 391 g/mol. The van der Waals surface area contributed by atoms with Crippen LogP contribution in [0.1, 0.15) is 44.1 Å². The molecule has 160 valence electrons. The van der Waals surface area contributed by atoms with E-state index in [-0.39, 0.29) is 36.2 Å². The lowest BCUT2D eigenvalue weighted by Gasteiger charge is -2.32. The SMILES string of the molecule is O=CCCCC#CCN1C(=O)CCC[C@@H]1/C=C/C(O)Cc1c(F)cccc1[N+](=O)[O-]. The van der Waals surface area contributed by atoms with Crippen molar-refractivity contribution in [1.29, 1.82) is 0 Å². The minimum atomic E-state index is -1.13. The Morgan fingerprint density at radius 1 is 1.40 bits per heavy atom. The van der Waals surface area contributed by atoms with Gasteiger partial charge in [0.15, 0.2) is 0 Å². The summed E-state index contributed by atoms with van der Waals surface area (Å²) in [6, 6.07) is 3.32. The fraction of sp³-hybridized carbons (Fsp3) is 0.455. The summed E-state index contributed by atoms with van der Waals surface area (Å²) in [6.07, 6.45) is 6.19. The predicted molar refractivity (Wildman–Crippen MR) is 109 cm³/mol. The molecule has 1 aromatic rings. The summed E-state index contributed by atoms with van der Waals surface area (Å²) in [6.45, 7) is 0.254. The van der Waals surface area contributed by atoms with Gasteiger partial charge in [0.25, 0.3) is 5.69 Å². The number of hydrogen-bond acceptors (Lipinski definition) is 5. The average molecular weight is 416 g/mol. The maximum Gasteiger partial charge on any atom is 0.275 e. The van der Waals surface area contributed by atoms with Crippen molar-refractivity contribution in [3.8, 4) is 11.8 Å². The molecule has 7 nitrogen and oxygen atoms in total. The van der Waals surface area contributed by atoms with Crippen molar-refractivity contribution in [3.05, 3.63) is 51.8 Å². The molecule has 1 unspecified atom stereocenters. The summed E-state index contributed by atoms with van der Waals surface area (Å²) >= 11 is 0. The number of halogens is 1. The molecular formula is C22H25FN2O5. The molecule has 0 aliphatic carbocycles. The van der Waals surface area contributed by atoms with Crippen LogP contribution in [0.15, 0.2) is 30.4 Å². The molecule has 1 aromatic carbocycles. The van der Waals surface area contributed by atoms with Gasteiger partial charge in [0.1, 0.15) is 12.1 Å². The van der Waals surface area contributed by atoms with Crippen LogP contribution in [0.4, 0.5) is 10.1 Å². The first kappa shape index (κ1) is 23.2. The van der Waals surface area contributed by atoms with E-state index in [4.69, 9.17) is 0 Å². The van der Waals surface area contributed by atoms with E-state index < -0.39 is 16.8 Å². The van der Waals surface area contributed by atoms with Gasteiger partial charge in [-0.2, -0.15) is 0 Å². The molecule has 1 fully saturated rings. The highest BCUT2D eigenvalue weighted by atomic mass is 19.1. The largest absolute Gasteiger partial charge is 0.389 e. The Morgan fingerprint density at radius 2 is 2.20 bits per heavy atom. The molecule has 1 saturated heterocycles. The number of nitro benzene ring substituents is 1. The number of amides is 1. The van der Waals surface area contributed by atoms with Crippen molar-refractivity contribution >= 4 is 17.9 Å². The first-order chi connectivity index (χ1) is 14.4. The van der Waals surface area contributed by atoms with Crippen LogP contribution in [0.3, 0.4) is 0 Å². The lowest BCUT2D eigenvalue weighted by Crippen LogP contribution is -2.42. The third-order valence-electron chi connectivity index (χ3n) is 4.87. The van der Waals surface area contributed by atoms with E-state index in [1.165, 1.54) is 18.2 Å². The van der Waals surface area contributed by atoms with Crippen LogP contribution in [0.25, 0.3) is 0 Å². The minimum Gasteiger partial charge on any atom is -0.389 e. The van der Waals surface area contributed by atoms with Crippen molar-refractivity contribution in [2.45, 2.75) is 57.1 Å². The first-order valence-corrected chi connectivity index (χ1v) is 9.91. The number of aliphatic hydroxyl groups excluding tert-OH is 1. The van der Waals surface area contributed by atoms with Crippen molar-refractivity contribution < 1.29 is 24.0 Å². The Kier molecular flexibility index (Phi) is 9.16. The Hall–Kier alpha value is -3.05. The number of aldehydes is 1. The van der Waals surface area contributed by atoms with Gasteiger partial charge in [0.05, 0.1) is 29.2 Å². The number of benzene rings is 1. The number of nitrogens with zero attached hydrogens (tertiary/aromatic N) is 2. The summed E-state index contributed by atoms with van der Waals surface area (Å²) < 4.78 is 14.0. The van der Waals surface area contributed by atoms with E-state index in [1.54, 1.807) is 11.0 Å². The molecule has 1 aliphatic rings. The summed E-state index contributed by atoms with van der Waals surface area (Å²) in [5, 5.41) is 21.4. The van der Waals surface area contributed by atoms with Gasteiger partial charge in [0.2, 0.25) is 5.91 Å². The number of unbranched alkanes of at least 4 members (excludes halogenated alkanes) is 2. The smallest absolute Gasteiger partial charge is 0.275 e. The number of carbonyl (C=O) groups is 2. The summed E-state index contributed by atoms with van der Waals surface area (Å²) in [7, 11) is 0. The third-order valence-corrected chi connectivity index (χ3v) is 4.87. The average Bonchev–Trinajstić information content (AvgIpc) is 2.71. The van der Waals surface area contributed by atoms with E-state index in [2.05, 4.69) is 11.8 Å². The summed E-state index contributed by atoms with van der Waals surface area (Å²) in [4.78, 5) is 34.6. The van der Waals surface area contributed by atoms with Crippen LogP contribution in [0.2, 0.25) is 0 Å². The normalized spacial score (nSPS) is 17.5. The topological polar surface area (TPSA) is 101 Å². The monoisotopic (exact) mass is 416 g/mol. The van der Waals surface area contributed by atoms with Gasteiger partial charge in [-0.1, -0.05) is 24.1 Å². The molecule has 0 bridgehead atoms. The molecule has 30 heavy (non-hydrogen) atoms. The zero-order valence-electron chi connectivity index (χ0n) is 16.6. The second-order valence-electron chi connectivity index (χ2n) is 7.04. The van der Waals surface area contributed by atoms with Gasteiger partial charge in [-0.3, -0.25) is 14.9 Å². The number of carbonyl (C=O) groups excluding carboxylic acids is 2. The Labute approximate surface area is 174 Å². The molecule has 1 heterocycles. The minimum absolute atomic E-state index is 0.0303. The van der Waals surface area contributed by atoms with Crippen LogP contribution in [-0.4, -0.2) is 45.8 Å². The highest BCUT2D eigenvalue weighted by Crippen LogP contribution is 2.24. The molecule has 0 spiro atoms. The third kappa shape index (κ3) is 6.78. The van der Waals surface area contributed by atoms with Gasteiger partial charge in [-0.25, -0.2) is 4.39 Å². The number of hydrogen-bond donors (Lipinski definition) is 1. The maximum absolute atomic E-state index is 14.0. The number of piperidine rings is 1. The highest BCUT2D eigenvalue weighted by molar-refractivity contribution is 5.77. The zero-order chi connectivity index (χ0) is 21.9. The van der Waals surface area contributed by atoms with Gasteiger partial charge in [0, 0.05) is 31.7 Å². The van der Waals surface area contributed by atoms with Gasteiger partial charge < -0.3 is 14.8 Å². The first-order valence-electron chi connectivity index (χ1n) is 9.91. The van der Waals surface area contributed by atoms with Crippen molar-refractivity contribution in [2.24, 2.45) is 0 Å². The number of likely N-dealkylation sites (tertiary alicyclic amines) is 1. The fourth-order valence-corrected chi connectivity index (χ4v) is 3.31. The molecule has 1 N–H and O–H groups in total. The Bertz CT molecular complexity index is 859. The fourth-order valence-electron chi connectivity index (χ4n) is 3.31. The van der Waals surface area contributed by atoms with E-state index in [0.29, 0.717) is 38.5 Å². The molecule has 8 heteroatoms. The van der Waals surface area contributed by atoms with Gasteiger partial charge >= 0.3 is 0 Å². The van der Waals surface area contributed by atoms with Crippen molar-refractivity contribution in [2.75, 3.05) is 6.54 Å². The number of nitro groups is 1. The van der Waals surface area contributed by atoms with Gasteiger partial charge in [-0.05, 0) is 25.3 Å². The molecule has 2 rings (SSSR count). The summed E-state index contributed by atoms with van der Waals surface area (Å²) in [5.74, 6) is 5.12. The molecule has 1 aliphatic heterocycles. The maximum atomic E-state index is 14.0. The Balaban J connectivity index is 2.02. The second-order valence-corrected chi connectivity index (χ2v) is 7.04. The van der Waals surface area contributed by atoms with Crippen LogP contribution >= 0.6 is 0 Å². The quantitative estimate of drug-likeness (QED) is 0.167. The highest BCUT2D eigenvalue weighted by Gasteiger charge is 2.26. The van der Waals surface area contributed by atoms with E-state index in [9.17, 15) is 29.2 Å². The molecule has 1 amide bonds. The molecule has 0 aromatic heterocycles. The lowest BCUT2D eigenvalue weighted by atomic mass is 9.99. The van der Waals surface area contributed by atoms with Crippen LogP contribution in [-0.2, 0) is 16.0 Å². The second kappa shape index (κ2) is 11.8. The predicted octanol–water partition coefficient (Wildman–Crippen LogP) is 2.95. The molecule has 2 atom stereocenters. The Morgan fingerprint density at radius 3 is 2.93 bits per heavy atom. The standard InChI is InChI=1S/C22H25FN2O5/c23-20-9-7-10-21(25(29)30)19(20)16-18(27)13-12-17-8-6-11-22(28)24(17)14-4-2-1-3-5-15-26/h7,9-10,12-13,15,17-18,27H,1,3,5-6,8,11,14,16H2/b13-12+/t17-,18?/m1/s1. The lowest BCUT2D eigenvalue weighted by molar-refractivity contribution is -0.385. The van der Waals surface area contributed by atoms with Crippen LogP contribution in [0, 0.1) is 27.8 Å². The van der Waals surface area contributed by atoms with E-state index in [0.717, 1.165) is 12.4 Å². The van der Waals surface area contributed by atoms with Gasteiger partial charge in [-0.15, -0.1) is 5.92 Å².